The van der Waals surface area contributed by atoms with Crippen LogP contribution in [0.25, 0.3) is 0 Å². The summed E-state index contributed by atoms with van der Waals surface area (Å²) < 4.78 is 17.4. The van der Waals surface area contributed by atoms with Gasteiger partial charge in [-0.3, -0.25) is 9.59 Å². The molecule has 0 N–H and O–H groups in total. The standard InChI is InChI=1S/C31H32N4O6/c1-20-6-12-27(32-18-20)40-23-10-8-22(9-11-23)39-24-14-16-34(17-15-24)31(38)41-28-13-7-21(19-33-28)35-29(36)25-4-2-3-5-26(25)30(35)37/h6-13,18-19,24-26H,2-5,14-17H2,1H3. The predicted molar refractivity (Wildman–Crippen MR) is 149 cm³/mol. The maximum Gasteiger partial charge on any atom is 0.416 e. The van der Waals surface area contributed by atoms with Crippen LogP contribution < -0.4 is 19.1 Å². The molecule has 3 aliphatic rings. The Kier molecular flexibility index (Phi) is 7.54. The van der Waals surface area contributed by atoms with E-state index in [4.69, 9.17) is 14.2 Å². The number of benzene rings is 1. The second kappa shape index (κ2) is 11.6. The minimum atomic E-state index is -0.491. The summed E-state index contributed by atoms with van der Waals surface area (Å²) in [5.74, 6) is 1.30. The van der Waals surface area contributed by atoms with Crippen LogP contribution in [0, 0.1) is 18.8 Å². The Morgan fingerprint density at radius 1 is 0.780 bits per heavy atom. The lowest BCUT2D eigenvalue weighted by Crippen LogP contribution is -2.43. The third-order valence-electron chi connectivity index (χ3n) is 7.95. The number of aryl methyl sites for hydroxylation is 1. The molecule has 2 aliphatic heterocycles. The Morgan fingerprint density at radius 3 is 2.02 bits per heavy atom. The molecular weight excluding hydrogens is 524 g/mol. The van der Waals surface area contributed by atoms with E-state index >= 15 is 0 Å². The largest absolute Gasteiger partial charge is 0.490 e. The van der Waals surface area contributed by atoms with Crippen molar-refractivity contribution in [1.82, 2.24) is 14.9 Å². The van der Waals surface area contributed by atoms with Crippen molar-refractivity contribution in [2.45, 2.75) is 51.6 Å². The number of anilines is 1. The van der Waals surface area contributed by atoms with Crippen LogP contribution in [-0.4, -0.2) is 52.0 Å². The summed E-state index contributed by atoms with van der Waals surface area (Å²) >= 11 is 0. The Bertz CT molecular complexity index is 1380. The molecule has 6 rings (SSSR count). The lowest BCUT2D eigenvalue weighted by molar-refractivity contribution is -0.122. The third-order valence-corrected chi connectivity index (χ3v) is 7.95. The maximum atomic E-state index is 12.8. The number of hydrogen-bond acceptors (Lipinski definition) is 8. The Morgan fingerprint density at radius 2 is 1.41 bits per heavy atom. The van der Waals surface area contributed by atoms with Crippen molar-refractivity contribution in [3.8, 4) is 23.3 Å². The van der Waals surface area contributed by atoms with Crippen LogP contribution in [0.4, 0.5) is 10.5 Å². The van der Waals surface area contributed by atoms with Gasteiger partial charge in [0.25, 0.3) is 0 Å². The highest BCUT2D eigenvalue weighted by molar-refractivity contribution is 6.22. The van der Waals surface area contributed by atoms with Crippen LogP contribution in [-0.2, 0) is 9.59 Å². The predicted octanol–water partition coefficient (Wildman–Crippen LogP) is 5.30. The van der Waals surface area contributed by atoms with Crippen molar-refractivity contribution in [3.63, 3.8) is 0 Å². The van der Waals surface area contributed by atoms with E-state index in [0.717, 1.165) is 37.0 Å². The van der Waals surface area contributed by atoms with Gasteiger partial charge in [-0.25, -0.2) is 19.7 Å². The number of amides is 3. The number of imide groups is 1. The van der Waals surface area contributed by atoms with Gasteiger partial charge in [0, 0.05) is 44.3 Å². The molecule has 2 aromatic heterocycles. The van der Waals surface area contributed by atoms with Gasteiger partial charge in [0.1, 0.15) is 17.6 Å². The fraction of sp³-hybridized carbons (Fsp3) is 0.387. The van der Waals surface area contributed by atoms with E-state index in [1.54, 1.807) is 17.2 Å². The van der Waals surface area contributed by atoms with Gasteiger partial charge in [-0.05, 0) is 55.7 Å². The number of hydrogen-bond donors (Lipinski definition) is 0. The highest BCUT2D eigenvalue weighted by atomic mass is 16.6. The number of fused-ring (bicyclic) bond motifs is 1. The van der Waals surface area contributed by atoms with Gasteiger partial charge in [0.15, 0.2) is 0 Å². The van der Waals surface area contributed by atoms with Crippen molar-refractivity contribution in [3.05, 3.63) is 66.5 Å². The van der Waals surface area contributed by atoms with Crippen LogP contribution in [0.3, 0.4) is 0 Å². The quantitative estimate of drug-likeness (QED) is 0.376. The molecule has 212 valence electrons. The van der Waals surface area contributed by atoms with Crippen LogP contribution in [0.2, 0.25) is 0 Å². The van der Waals surface area contributed by atoms with Crippen molar-refractivity contribution < 1.29 is 28.6 Å². The molecule has 3 fully saturated rings. The van der Waals surface area contributed by atoms with E-state index < -0.39 is 6.09 Å². The minimum Gasteiger partial charge on any atom is -0.490 e. The molecule has 0 bridgehead atoms. The summed E-state index contributed by atoms with van der Waals surface area (Å²) in [6.45, 7) is 2.95. The maximum absolute atomic E-state index is 12.8. The van der Waals surface area contributed by atoms with Crippen molar-refractivity contribution in [2.75, 3.05) is 18.0 Å². The average Bonchev–Trinajstić information content (AvgIpc) is 3.25. The second-order valence-corrected chi connectivity index (χ2v) is 10.8. The fourth-order valence-corrected chi connectivity index (χ4v) is 5.71. The minimum absolute atomic E-state index is 0.0266. The molecule has 10 heteroatoms. The highest BCUT2D eigenvalue weighted by Crippen LogP contribution is 2.40. The van der Waals surface area contributed by atoms with Crippen LogP contribution >= 0.6 is 0 Å². The number of carbonyl (C=O) groups is 3. The zero-order valence-corrected chi connectivity index (χ0v) is 22.9. The van der Waals surface area contributed by atoms with Gasteiger partial charge in [-0.2, -0.15) is 0 Å². The van der Waals surface area contributed by atoms with E-state index in [0.29, 0.717) is 43.2 Å². The first-order chi connectivity index (χ1) is 19.9. The van der Waals surface area contributed by atoms with Crippen molar-refractivity contribution >= 4 is 23.6 Å². The van der Waals surface area contributed by atoms with E-state index in [2.05, 4.69) is 9.97 Å². The lowest BCUT2D eigenvalue weighted by atomic mass is 9.81. The highest BCUT2D eigenvalue weighted by Gasteiger charge is 2.48. The molecule has 2 saturated heterocycles. The van der Waals surface area contributed by atoms with E-state index in [9.17, 15) is 14.4 Å². The summed E-state index contributed by atoms with van der Waals surface area (Å²) in [5.41, 5.74) is 1.48. The van der Waals surface area contributed by atoms with Crippen LogP contribution in [0.5, 0.6) is 23.3 Å². The summed E-state index contributed by atoms with van der Waals surface area (Å²) in [6.07, 6.45) is 7.44. The van der Waals surface area contributed by atoms with Crippen LogP contribution in [0.1, 0.15) is 44.1 Å². The average molecular weight is 557 g/mol. The molecule has 3 amide bonds. The smallest absolute Gasteiger partial charge is 0.416 e. The van der Waals surface area contributed by atoms with Crippen LogP contribution in [0.15, 0.2) is 60.9 Å². The molecule has 1 saturated carbocycles. The summed E-state index contributed by atoms with van der Waals surface area (Å²) in [4.78, 5) is 49.7. The molecule has 3 aromatic rings. The van der Waals surface area contributed by atoms with E-state index in [1.165, 1.54) is 17.2 Å². The number of aromatic nitrogens is 2. The Balaban J connectivity index is 0.971. The number of likely N-dealkylation sites (tertiary alicyclic amines) is 1. The zero-order chi connectivity index (χ0) is 28.3. The fourth-order valence-electron chi connectivity index (χ4n) is 5.71. The first kappa shape index (κ1) is 26.7. The molecule has 4 heterocycles. The second-order valence-electron chi connectivity index (χ2n) is 10.8. The Labute approximate surface area is 238 Å². The number of rotatable bonds is 6. The number of ether oxygens (including phenoxy) is 3. The van der Waals surface area contributed by atoms with Gasteiger partial charge in [0.05, 0.1) is 23.7 Å². The summed E-state index contributed by atoms with van der Waals surface area (Å²) in [7, 11) is 0. The molecule has 2 unspecified atom stereocenters. The molecular formula is C31H32N4O6. The topological polar surface area (TPSA) is 111 Å². The van der Waals surface area contributed by atoms with Gasteiger partial charge >= 0.3 is 6.09 Å². The molecule has 0 radical (unpaired) electrons. The van der Waals surface area contributed by atoms with E-state index in [-0.39, 0.29) is 35.6 Å². The normalized spacial score (nSPS) is 21.0. The number of piperidine rings is 1. The Hall–Kier alpha value is -4.47. The molecule has 2 atom stereocenters. The first-order valence-corrected chi connectivity index (χ1v) is 14.1. The van der Waals surface area contributed by atoms with Crippen molar-refractivity contribution in [2.24, 2.45) is 11.8 Å². The zero-order valence-electron chi connectivity index (χ0n) is 22.9. The van der Waals surface area contributed by atoms with Gasteiger partial charge < -0.3 is 19.1 Å². The van der Waals surface area contributed by atoms with Gasteiger partial charge in [-0.1, -0.05) is 18.9 Å². The van der Waals surface area contributed by atoms with Gasteiger partial charge in [-0.15, -0.1) is 0 Å². The van der Waals surface area contributed by atoms with Gasteiger partial charge in [0.2, 0.25) is 23.6 Å². The number of carbonyl (C=O) groups excluding carboxylic acids is 3. The molecule has 0 spiro atoms. The summed E-state index contributed by atoms with van der Waals surface area (Å²) in [5, 5.41) is 0. The first-order valence-electron chi connectivity index (χ1n) is 14.1. The molecule has 41 heavy (non-hydrogen) atoms. The molecule has 1 aromatic carbocycles. The molecule has 10 nitrogen and oxygen atoms in total. The summed E-state index contributed by atoms with van der Waals surface area (Å²) in [6, 6.07) is 14.3. The van der Waals surface area contributed by atoms with Crippen molar-refractivity contribution in [1.29, 1.82) is 0 Å². The SMILES string of the molecule is Cc1ccc(Oc2ccc(OC3CCN(C(=O)Oc4ccc(N5C(=O)C6CCCCC6C5=O)cn4)CC3)cc2)nc1. The lowest BCUT2D eigenvalue weighted by Gasteiger charge is -2.31. The number of nitrogens with zero attached hydrogens (tertiary/aromatic N) is 4. The number of pyridine rings is 2. The van der Waals surface area contributed by atoms with E-state index in [1.807, 2.05) is 43.3 Å². The third kappa shape index (κ3) is 5.86. The molecule has 1 aliphatic carbocycles. The monoisotopic (exact) mass is 556 g/mol.